The van der Waals surface area contributed by atoms with E-state index in [1.54, 1.807) is 29.2 Å². The molecule has 1 aromatic heterocycles. The molecular formula is C17H19N5O4S. The number of hydrogen-bond acceptors (Lipinski definition) is 5. The van der Waals surface area contributed by atoms with Crippen molar-refractivity contribution in [2.75, 3.05) is 31.5 Å². The van der Waals surface area contributed by atoms with Crippen molar-refractivity contribution in [1.29, 1.82) is 0 Å². The number of hydrogen-bond donors (Lipinski definition) is 2. The van der Waals surface area contributed by atoms with Crippen molar-refractivity contribution >= 4 is 27.5 Å². The average Bonchev–Trinajstić information content (AvgIpc) is 3.24. The number of H-pyrrole nitrogens is 1. The number of amides is 2. The number of piperazine rings is 1. The van der Waals surface area contributed by atoms with E-state index in [1.807, 2.05) is 0 Å². The van der Waals surface area contributed by atoms with E-state index in [4.69, 9.17) is 0 Å². The first-order valence-electron chi connectivity index (χ1n) is 8.24. The zero-order valence-electron chi connectivity index (χ0n) is 14.5. The van der Waals surface area contributed by atoms with Gasteiger partial charge in [-0.05, 0) is 36.4 Å². The van der Waals surface area contributed by atoms with Gasteiger partial charge in [0.2, 0.25) is 5.91 Å². The Morgan fingerprint density at radius 1 is 1.11 bits per heavy atom. The predicted octanol–water partition coefficient (Wildman–Crippen LogP) is 0.681. The molecule has 3 rings (SSSR count). The lowest BCUT2D eigenvalue weighted by atomic mass is 10.1. The summed E-state index contributed by atoms with van der Waals surface area (Å²) in [7, 11) is -3.62. The summed E-state index contributed by atoms with van der Waals surface area (Å²) in [4.78, 5) is 25.5. The molecule has 1 aliphatic heterocycles. The summed E-state index contributed by atoms with van der Waals surface area (Å²) in [6, 6.07) is 7.91. The molecule has 9 nitrogen and oxygen atoms in total. The van der Waals surface area contributed by atoms with Crippen LogP contribution in [-0.4, -0.2) is 65.8 Å². The van der Waals surface area contributed by atoms with E-state index in [9.17, 15) is 18.0 Å². The van der Waals surface area contributed by atoms with E-state index in [0.29, 0.717) is 24.3 Å². The molecule has 1 aromatic carbocycles. The quantitative estimate of drug-likeness (QED) is 0.730. The minimum atomic E-state index is -3.62. The minimum absolute atomic E-state index is 0.0411. The zero-order valence-corrected chi connectivity index (χ0v) is 15.3. The van der Waals surface area contributed by atoms with Gasteiger partial charge in [-0.25, -0.2) is 8.42 Å². The SMILES string of the molecule is C=CC(=O)Nc1ccc(C(=O)N2CCN(S(=O)(=O)c3ccn[nH]3)CC2)cc1. The number of nitrogens with zero attached hydrogens (tertiary/aromatic N) is 3. The molecule has 1 aliphatic rings. The van der Waals surface area contributed by atoms with Gasteiger partial charge in [0.05, 0.1) is 6.20 Å². The second-order valence-corrected chi connectivity index (χ2v) is 7.79. The highest BCUT2D eigenvalue weighted by atomic mass is 32.2. The maximum atomic E-state index is 12.6. The molecule has 1 fully saturated rings. The summed E-state index contributed by atoms with van der Waals surface area (Å²) < 4.78 is 26.2. The summed E-state index contributed by atoms with van der Waals surface area (Å²) in [6.45, 7) is 4.38. The number of rotatable bonds is 5. The van der Waals surface area contributed by atoms with Crippen molar-refractivity contribution in [1.82, 2.24) is 19.4 Å². The second-order valence-electron chi connectivity index (χ2n) is 5.89. The van der Waals surface area contributed by atoms with Crippen molar-refractivity contribution in [2.45, 2.75) is 5.03 Å². The largest absolute Gasteiger partial charge is 0.336 e. The molecule has 2 heterocycles. The number of aromatic amines is 1. The average molecular weight is 389 g/mol. The Morgan fingerprint density at radius 3 is 2.33 bits per heavy atom. The molecule has 2 N–H and O–H groups in total. The van der Waals surface area contributed by atoms with E-state index >= 15 is 0 Å². The van der Waals surface area contributed by atoms with Crippen LogP contribution in [-0.2, 0) is 14.8 Å². The predicted molar refractivity (Wildman–Crippen MR) is 98.5 cm³/mol. The molecule has 2 aromatic rings. The molecule has 10 heteroatoms. The number of sulfonamides is 1. The number of benzene rings is 1. The van der Waals surface area contributed by atoms with Crippen LogP contribution in [0, 0.1) is 0 Å². The molecule has 0 bridgehead atoms. The number of nitrogens with one attached hydrogen (secondary N) is 2. The maximum Gasteiger partial charge on any atom is 0.260 e. The summed E-state index contributed by atoms with van der Waals surface area (Å²) >= 11 is 0. The molecule has 0 spiro atoms. The molecule has 0 saturated carbocycles. The molecule has 2 amide bonds. The van der Waals surface area contributed by atoms with Crippen molar-refractivity contribution in [3.8, 4) is 0 Å². The number of aromatic nitrogens is 2. The maximum absolute atomic E-state index is 12.6. The van der Waals surface area contributed by atoms with Crippen LogP contribution in [0.25, 0.3) is 0 Å². The topological polar surface area (TPSA) is 115 Å². The molecule has 0 atom stereocenters. The van der Waals surface area contributed by atoms with E-state index < -0.39 is 10.0 Å². The van der Waals surface area contributed by atoms with Crippen LogP contribution in [0.2, 0.25) is 0 Å². The Balaban J connectivity index is 1.61. The third-order valence-corrected chi connectivity index (χ3v) is 6.03. The summed E-state index contributed by atoms with van der Waals surface area (Å²) in [5.74, 6) is -0.515. The lowest BCUT2D eigenvalue weighted by Crippen LogP contribution is -2.50. The summed E-state index contributed by atoms with van der Waals surface area (Å²) in [5.41, 5.74) is 1.03. The fraction of sp³-hybridized carbons (Fsp3) is 0.235. The fourth-order valence-electron chi connectivity index (χ4n) is 2.73. The van der Waals surface area contributed by atoms with Gasteiger partial charge < -0.3 is 10.2 Å². The van der Waals surface area contributed by atoms with Gasteiger partial charge in [-0.3, -0.25) is 14.7 Å². The van der Waals surface area contributed by atoms with Crippen LogP contribution < -0.4 is 5.32 Å². The fourth-order valence-corrected chi connectivity index (χ4v) is 4.05. The van der Waals surface area contributed by atoms with E-state index in [-0.39, 0.29) is 29.9 Å². The van der Waals surface area contributed by atoms with Crippen LogP contribution >= 0.6 is 0 Å². The standard InChI is InChI=1S/C17H19N5O4S/c1-2-15(23)19-14-5-3-13(4-6-14)17(24)21-9-11-22(12-10-21)27(25,26)16-7-8-18-20-16/h2-8H,1,9-12H2,(H,18,20)(H,19,23). The van der Waals surface area contributed by atoms with Crippen molar-refractivity contribution in [2.24, 2.45) is 0 Å². The molecular weight excluding hydrogens is 370 g/mol. The second kappa shape index (κ2) is 7.72. The number of anilines is 1. The van der Waals surface area contributed by atoms with Gasteiger partial charge in [-0.2, -0.15) is 9.40 Å². The lowest BCUT2D eigenvalue weighted by molar-refractivity contribution is -0.111. The van der Waals surface area contributed by atoms with Gasteiger partial charge in [0, 0.05) is 37.4 Å². The molecule has 142 valence electrons. The van der Waals surface area contributed by atoms with Crippen molar-refractivity contribution < 1.29 is 18.0 Å². The monoisotopic (exact) mass is 389 g/mol. The first-order chi connectivity index (χ1) is 12.9. The van der Waals surface area contributed by atoms with Gasteiger partial charge in [0.15, 0.2) is 5.03 Å². The Labute approximate surface area is 156 Å². The molecule has 0 unspecified atom stereocenters. The van der Waals surface area contributed by atoms with E-state index in [2.05, 4.69) is 22.1 Å². The van der Waals surface area contributed by atoms with Gasteiger partial charge in [0.25, 0.3) is 15.9 Å². The Bertz CT molecular complexity index is 930. The van der Waals surface area contributed by atoms with Crippen LogP contribution in [0.5, 0.6) is 0 Å². The Kier molecular flexibility index (Phi) is 5.38. The highest BCUT2D eigenvalue weighted by molar-refractivity contribution is 7.89. The van der Waals surface area contributed by atoms with Crippen LogP contribution in [0.4, 0.5) is 5.69 Å². The van der Waals surface area contributed by atoms with E-state index in [0.717, 1.165) is 6.08 Å². The third kappa shape index (κ3) is 4.07. The zero-order chi connectivity index (χ0) is 19.4. The number of carbonyl (C=O) groups is 2. The van der Waals surface area contributed by atoms with Gasteiger partial charge in [0.1, 0.15) is 0 Å². The van der Waals surface area contributed by atoms with Gasteiger partial charge in [-0.15, -0.1) is 0 Å². The van der Waals surface area contributed by atoms with Crippen LogP contribution in [0.15, 0.2) is 54.2 Å². The summed E-state index contributed by atoms with van der Waals surface area (Å²) in [6.07, 6.45) is 2.55. The highest BCUT2D eigenvalue weighted by Gasteiger charge is 2.31. The molecule has 0 radical (unpaired) electrons. The third-order valence-electron chi connectivity index (χ3n) is 4.20. The Morgan fingerprint density at radius 2 is 1.78 bits per heavy atom. The molecule has 27 heavy (non-hydrogen) atoms. The summed E-state index contributed by atoms with van der Waals surface area (Å²) in [5, 5.41) is 8.78. The highest BCUT2D eigenvalue weighted by Crippen LogP contribution is 2.17. The molecule has 0 aliphatic carbocycles. The molecule has 1 saturated heterocycles. The number of carbonyl (C=O) groups excluding carboxylic acids is 2. The van der Waals surface area contributed by atoms with Gasteiger partial charge >= 0.3 is 0 Å². The first kappa shape index (κ1) is 18.8. The Hall–Kier alpha value is -2.98. The minimum Gasteiger partial charge on any atom is -0.336 e. The van der Waals surface area contributed by atoms with Crippen molar-refractivity contribution in [3.05, 3.63) is 54.7 Å². The normalized spacial score (nSPS) is 15.3. The lowest BCUT2D eigenvalue weighted by Gasteiger charge is -2.33. The smallest absolute Gasteiger partial charge is 0.260 e. The van der Waals surface area contributed by atoms with Gasteiger partial charge in [-0.1, -0.05) is 6.58 Å². The first-order valence-corrected chi connectivity index (χ1v) is 9.68. The van der Waals surface area contributed by atoms with E-state index in [1.165, 1.54) is 16.6 Å². The van der Waals surface area contributed by atoms with Crippen LogP contribution in [0.3, 0.4) is 0 Å². The van der Waals surface area contributed by atoms with Crippen LogP contribution in [0.1, 0.15) is 10.4 Å². The van der Waals surface area contributed by atoms with Crippen molar-refractivity contribution in [3.63, 3.8) is 0 Å².